The van der Waals surface area contributed by atoms with Gasteiger partial charge < -0.3 is 0 Å². The van der Waals surface area contributed by atoms with Gasteiger partial charge in [0, 0.05) is 12.0 Å². The van der Waals surface area contributed by atoms with Crippen LogP contribution in [0.2, 0.25) is 0 Å². The monoisotopic (exact) mass is 218 g/mol. The Hall–Kier alpha value is -2.26. The fourth-order valence-corrected chi connectivity index (χ4v) is 1.66. The molecule has 0 aliphatic heterocycles. The molecule has 2 aromatic carbocycles. The van der Waals surface area contributed by atoms with Crippen LogP contribution in [-0.2, 0) is 6.42 Å². The van der Waals surface area contributed by atoms with Gasteiger partial charge in [-0.3, -0.25) is 0 Å². The lowest BCUT2D eigenvalue weighted by Gasteiger charge is -2.00. The van der Waals surface area contributed by atoms with Gasteiger partial charge in [0.05, 0.1) is 0 Å². The van der Waals surface area contributed by atoms with Crippen LogP contribution in [0, 0.1) is 11.8 Å². The van der Waals surface area contributed by atoms with E-state index in [4.69, 9.17) is 0 Å². The molecule has 0 saturated carbocycles. The lowest BCUT2D eigenvalue weighted by atomic mass is 10.0. The molecule has 17 heavy (non-hydrogen) atoms. The molecule has 0 N–H and O–H groups in total. The summed E-state index contributed by atoms with van der Waals surface area (Å²) < 4.78 is 0. The first-order valence-corrected chi connectivity index (χ1v) is 5.64. The van der Waals surface area contributed by atoms with Gasteiger partial charge in [-0.15, -0.1) is 0 Å². The van der Waals surface area contributed by atoms with Crippen LogP contribution in [0.4, 0.5) is 0 Å². The van der Waals surface area contributed by atoms with Crippen molar-refractivity contribution in [2.45, 2.75) is 6.42 Å². The first-order valence-electron chi connectivity index (χ1n) is 5.64. The highest BCUT2D eigenvalue weighted by atomic mass is 14.0. The van der Waals surface area contributed by atoms with Crippen molar-refractivity contribution in [2.75, 3.05) is 0 Å². The lowest BCUT2D eigenvalue weighted by molar-refractivity contribution is 1.30. The van der Waals surface area contributed by atoms with Crippen molar-refractivity contribution in [1.82, 2.24) is 0 Å². The second-order valence-electron chi connectivity index (χ2n) is 3.75. The summed E-state index contributed by atoms with van der Waals surface area (Å²) in [4.78, 5) is 0. The van der Waals surface area contributed by atoms with Gasteiger partial charge in [-0.25, -0.2) is 0 Å². The molecule has 0 aliphatic rings. The number of hydrogen-bond donors (Lipinski definition) is 0. The highest BCUT2D eigenvalue weighted by Gasteiger charge is 1.94. The molecule has 0 spiro atoms. The van der Waals surface area contributed by atoms with E-state index >= 15 is 0 Å². The summed E-state index contributed by atoms with van der Waals surface area (Å²) in [6.07, 6.45) is 2.64. The van der Waals surface area contributed by atoms with Gasteiger partial charge in [0.2, 0.25) is 0 Å². The highest BCUT2D eigenvalue weighted by Crippen LogP contribution is 2.10. The van der Waals surface area contributed by atoms with E-state index in [0.717, 1.165) is 17.5 Å². The Balaban J connectivity index is 2.13. The number of benzene rings is 2. The summed E-state index contributed by atoms with van der Waals surface area (Å²) >= 11 is 0. The molecule has 0 aromatic heterocycles. The van der Waals surface area contributed by atoms with Gasteiger partial charge in [0.1, 0.15) is 0 Å². The smallest absolute Gasteiger partial charge is 0.0350 e. The van der Waals surface area contributed by atoms with Crippen molar-refractivity contribution in [3.63, 3.8) is 0 Å². The van der Waals surface area contributed by atoms with Gasteiger partial charge in [-0.2, -0.15) is 0 Å². The van der Waals surface area contributed by atoms with E-state index < -0.39 is 0 Å². The summed E-state index contributed by atoms with van der Waals surface area (Å²) in [6.45, 7) is 3.81. The van der Waals surface area contributed by atoms with E-state index in [-0.39, 0.29) is 0 Å². The van der Waals surface area contributed by atoms with Crippen molar-refractivity contribution >= 4 is 6.08 Å². The lowest BCUT2D eigenvalue weighted by Crippen LogP contribution is -1.86. The van der Waals surface area contributed by atoms with Crippen LogP contribution in [-0.4, -0.2) is 0 Å². The molecule has 82 valence electrons. The van der Waals surface area contributed by atoms with Gasteiger partial charge in [0.25, 0.3) is 0 Å². The highest BCUT2D eigenvalue weighted by molar-refractivity contribution is 5.52. The second kappa shape index (κ2) is 5.72. The second-order valence-corrected chi connectivity index (χ2v) is 3.75. The van der Waals surface area contributed by atoms with Crippen molar-refractivity contribution in [3.05, 3.63) is 77.9 Å². The molecule has 0 amide bonds. The van der Waals surface area contributed by atoms with Crippen LogP contribution in [0.3, 0.4) is 0 Å². The molecule has 2 aromatic rings. The normalized spacial score (nSPS) is 9.18. The van der Waals surface area contributed by atoms with E-state index in [1.165, 1.54) is 5.56 Å². The molecule has 0 nitrogen and oxygen atoms in total. The van der Waals surface area contributed by atoms with Crippen LogP contribution >= 0.6 is 0 Å². The zero-order chi connectivity index (χ0) is 11.9. The zero-order valence-electron chi connectivity index (χ0n) is 9.69. The minimum Gasteiger partial charge on any atom is -0.0985 e. The summed E-state index contributed by atoms with van der Waals surface area (Å²) in [7, 11) is 0. The molecule has 0 heterocycles. The Kier molecular flexibility index (Phi) is 3.78. The SMILES string of the molecule is C=Cc1ccccc1CC#Cc1ccccc1. The van der Waals surface area contributed by atoms with Crippen molar-refractivity contribution in [2.24, 2.45) is 0 Å². The topological polar surface area (TPSA) is 0 Å². The zero-order valence-corrected chi connectivity index (χ0v) is 9.69. The summed E-state index contributed by atoms with van der Waals surface area (Å²) in [5, 5.41) is 0. The average Bonchev–Trinajstić information content (AvgIpc) is 2.40. The van der Waals surface area contributed by atoms with E-state index in [1.807, 2.05) is 48.5 Å². The fourth-order valence-electron chi connectivity index (χ4n) is 1.66. The van der Waals surface area contributed by atoms with E-state index in [0.29, 0.717) is 0 Å². The van der Waals surface area contributed by atoms with Gasteiger partial charge in [-0.1, -0.05) is 67.0 Å². The Bertz CT molecular complexity index is 553. The summed E-state index contributed by atoms with van der Waals surface area (Å²) in [5.74, 6) is 6.36. The average molecular weight is 218 g/mol. The minimum absolute atomic E-state index is 0.761. The predicted molar refractivity (Wildman–Crippen MR) is 73.6 cm³/mol. The Morgan fingerprint density at radius 2 is 1.65 bits per heavy atom. The molecular formula is C17H14. The molecule has 0 radical (unpaired) electrons. The standard InChI is InChI=1S/C17H14/c1-2-16-12-6-7-13-17(16)14-8-11-15-9-4-3-5-10-15/h2-7,9-10,12-13H,1,14H2. The van der Waals surface area contributed by atoms with Crippen molar-refractivity contribution < 1.29 is 0 Å². The largest absolute Gasteiger partial charge is 0.0985 e. The molecule has 0 fully saturated rings. The Morgan fingerprint density at radius 3 is 2.41 bits per heavy atom. The van der Waals surface area contributed by atoms with Gasteiger partial charge >= 0.3 is 0 Å². The molecule has 0 heteroatoms. The fraction of sp³-hybridized carbons (Fsp3) is 0.0588. The first kappa shape index (κ1) is 11.2. The first-order chi connectivity index (χ1) is 8.40. The molecule has 0 saturated heterocycles. The Labute approximate surface area is 103 Å². The van der Waals surface area contributed by atoms with Crippen LogP contribution in [0.1, 0.15) is 16.7 Å². The summed E-state index contributed by atoms with van der Waals surface area (Å²) in [5.41, 5.74) is 3.45. The maximum atomic E-state index is 3.81. The van der Waals surface area contributed by atoms with Crippen molar-refractivity contribution in [3.8, 4) is 11.8 Å². The Morgan fingerprint density at radius 1 is 0.941 bits per heavy atom. The van der Waals surface area contributed by atoms with Gasteiger partial charge in [-0.05, 0) is 23.3 Å². The number of rotatable bonds is 2. The molecular weight excluding hydrogens is 204 g/mol. The third kappa shape index (κ3) is 3.09. The third-order valence-corrected chi connectivity index (χ3v) is 2.56. The van der Waals surface area contributed by atoms with Crippen LogP contribution in [0.5, 0.6) is 0 Å². The number of hydrogen-bond acceptors (Lipinski definition) is 0. The molecule has 0 bridgehead atoms. The molecule has 0 atom stereocenters. The maximum absolute atomic E-state index is 3.81. The van der Waals surface area contributed by atoms with Crippen LogP contribution < -0.4 is 0 Å². The van der Waals surface area contributed by atoms with Crippen molar-refractivity contribution in [1.29, 1.82) is 0 Å². The minimum atomic E-state index is 0.761. The molecule has 2 rings (SSSR count). The van der Waals surface area contributed by atoms with E-state index in [1.54, 1.807) is 0 Å². The third-order valence-electron chi connectivity index (χ3n) is 2.56. The van der Waals surface area contributed by atoms with E-state index in [2.05, 4.69) is 30.6 Å². The van der Waals surface area contributed by atoms with Gasteiger partial charge in [0.15, 0.2) is 0 Å². The summed E-state index contributed by atoms with van der Waals surface area (Å²) in [6, 6.07) is 18.3. The van der Waals surface area contributed by atoms with Crippen LogP contribution in [0.25, 0.3) is 6.08 Å². The van der Waals surface area contributed by atoms with Crippen LogP contribution in [0.15, 0.2) is 61.2 Å². The maximum Gasteiger partial charge on any atom is 0.0350 e. The molecule has 0 unspecified atom stereocenters. The molecule has 0 aliphatic carbocycles. The van der Waals surface area contributed by atoms with E-state index in [9.17, 15) is 0 Å². The quantitative estimate of drug-likeness (QED) is 0.670. The predicted octanol–water partition coefficient (Wildman–Crippen LogP) is 3.92.